The first-order chi connectivity index (χ1) is 6.65. The Balaban J connectivity index is 2.83. The highest BCUT2D eigenvalue weighted by atomic mass is 35.5. The molecule has 1 heterocycles. The third-order valence-corrected chi connectivity index (χ3v) is 1.94. The summed E-state index contributed by atoms with van der Waals surface area (Å²) < 4.78 is 0. The van der Waals surface area contributed by atoms with Gasteiger partial charge in [-0.2, -0.15) is 0 Å². The van der Waals surface area contributed by atoms with Crippen molar-refractivity contribution in [3.05, 3.63) is 28.0 Å². The van der Waals surface area contributed by atoms with Gasteiger partial charge in [0.05, 0.1) is 11.6 Å². The van der Waals surface area contributed by atoms with Gasteiger partial charge in [-0.1, -0.05) is 23.2 Å². The maximum Gasteiger partial charge on any atom is 0.271 e. The summed E-state index contributed by atoms with van der Waals surface area (Å²) in [4.78, 5) is 15.1. The van der Waals surface area contributed by atoms with Crippen molar-refractivity contribution in [2.75, 3.05) is 13.2 Å². The van der Waals surface area contributed by atoms with E-state index in [1.54, 1.807) is 0 Å². The molecule has 0 saturated carbocycles. The largest absolute Gasteiger partial charge is 0.395 e. The van der Waals surface area contributed by atoms with Gasteiger partial charge in [0.15, 0.2) is 0 Å². The lowest BCUT2D eigenvalue weighted by molar-refractivity contribution is 0.0940. The molecule has 0 aromatic carbocycles. The van der Waals surface area contributed by atoms with Crippen LogP contribution in [0.25, 0.3) is 0 Å². The minimum absolute atomic E-state index is 0.0626. The number of hydrogen-bond acceptors (Lipinski definition) is 3. The van der Waals surface area contributed by atoms with E-state index in [0.29, 0.717) is 0 Å². The van der Waals surface area contributed by atoms with Crippen molar-refractivity contribution in [2.24, 2.45) is 0 Å². The van der Waals surface area contributed by atoms with Crippen LogP contribution in [0.2, 0.25) is 10.2 Å². The first-order valence-corrected chi connectivity index (χ1v) is 4.62. The number of pyridine rings is 1. The second-order valence-corrected chi connectivity index (χ2v) is 3.24. The summed E-state index contributed by atoms with van der Waals surface area (Å²) in [5.41, 5.74) is 0.0626. The Morgan fingerprint density at radius 2 is 2.21 bits per heavy atom. The Hall–Kier alpha value is -0.840. The second-order valence-electron chi connectivity index (χ2n) is 2.44. The molecular weight excluding hydrogens is 227 g/mol. The quantitative estimate of drug-likeness (QED) is 0.771. The minimum atomic E-state index is -0.452. The average molecular weight is 235 g/mol. The summed E-state index contributed by atoms with van der Waals surface area (Å²) in [5, 5.41) is 11.3. The van der Waals surface area contributed by atoms with E-state index in [4.69, 9.17) is 28.3 Å². The van der Waals surface area contributed by atoms with Crippen LogP contribution in [0.3, 0.4) is 0 Å². The Labute approximate surface area is 90.9 Å². The van der Waals surface area contributed by atoms with Crippen LogP contribution in [0, 0.1) is 0 Å². The van der Waals surface area contributed by atoms with Gasteiger partial charge in [-0.25, -0.2) is 4.98 Å². The highest BCUT2D eigenvalue weighted by Gasteiger charge is 2.11. The molecule has 0 unspecified atom stereocenters. The maximum atomic E-state index is 11.3. The molecule has 1 aromatic heterocycles. The molecule has 2 N–H and O–H groups in total. The summed E-state index contributed by atoms with van der Waals surface area (Å²) in [5.74, 6) is -0.452. The zero-order chi connectivity index (χ0) is 10.6. The molecule has 0 saturated heterocycles. The third-order valence-electron chi connectivity index (χ3n) is 1.42. The molecule has 0 atom stereocenters. The fourth-order valence-electron chi connectivity index (χ4n) is 0.831. The molecule has 1 aromatic rings. The monoisotopic (exact) mass is 234 g/mol. The summed E-state index contributed by atoms with van der Waals surface area (Å²) in [6.45, 7) is 0.0211. The van der Waals surface area contributed by atoms with Gasteiger partial charge in [0, 0.05) is 6.54 Å². The number of carbonyl (C=O) groups is 1. The molecule has 76 valence electrons. The van der Waals surface area contributed by atoms with E-state index < -0.39 is 5.91 Å². The van der Waals surface area contributed by atoms with Crippen LogP contribution < -0.4 is 5.32 Å². The van der Waals surface area contributed by atoms with Crippen molar-refractivity contribution in [1.82, 2.24) is 10.3 Å². The van der Waals surface area contributed by atoms with Gasteiger partial charge in [-0.05, 0) is 12.1 Å². The molecule has 0 spiro atoms. The van der Waals surface area contributed by atoms with Crippen LogP contribution in [0.4, 0.5) is 0 Å². The first kappa shape index (κ1) is 11.2. The lowest BCUT2D eigenvalue weighted by atomic mass is 10.3. The van der Waals surface area contributed by atoms with E-state index in [9.17, 15) is 4.79 Å². The fourth-order valence-corrected chi connectivity index (χ4v) is 1.17. The Kier molecular flexibility index (Phi) is 4.13. The molecule has 0 aliphatic rings. The van der Waals surface area contributed by atoms with Crippen molar-refractivity contribution in [3.8, 4) is 0 Å². The predicted molar refractivity (Wildman–Crippen MR) is 53.7 cm³/mol. The van der Waals surface area contributed by atoms with Crippen molar-refractivity contribution in [2.45, 2.75) is 0 Å². The predicted octanol–water partition coefficient (Wildman–Crippen LogP) is 1.11. The highest BCUT2D eigenvalue weighted by molar-refractivity contribution is 6.34. The van der Waals surface area contributed by atoms with Gasteiger partial charge in [0.25, 0.3) is 5.91 Å². The molecule has 4 nitrogen and oxygen atoms in total. The van der Waals surface area contributed by atoms with E-state index in [2.05, 4.69) is 10.3 Å². The van der Waals surface area contributed by atoms with Gasteiger partial charge in [0.2, 0.25) is 0 Å². The van der Waals surface area contributed by atoms with E-state index in [-0.39, 0.29) is 29.0 Å². The summed E-state index contributed by atoms with van der Waals surface area (Å²) in [6, 6.07) is 2.98. The van der Waals surface area contributed by atoms with Crippen LogP contribution in [0.15, 0.2) is 12.1 Å². The first-order valence-electron chi connectivity index (χ1n) is 3.86. The lowest BCUT2D eigenvalue weighted by Gasteiger charge is -2.04. The summed E-state index contributed by atoms with van der Waals surface area (Å²) in [7, 11) is 0. The molecule has 0 aliphatic carbocycles. The SMILES string of the molecule is O=C(NCCO)c1nc(Cl)ccc1Cl. The van der Waals surface area contributed by atoms with Crippen LogP contribution in [-0.2, 0) is 0 Å². The number of aliphatic hydroxyl groups excluding tert-OH is 1. The zero-order valence-corrected chi connectivity index (χ0v) is 8.64. The molecule has 6 heteroatoms. The van der Waals surface area contributed by atoms with Crippen LogP contribution in [0.5, 0.6) is 0 Å². The Morgan fingerprint density at radius 1 is 1.50 bits per heavy atom. The van der Waals surface area contributed by atoms with Crippen LogP contribution >= 0.6 is 23.2 Å². The van der Waals surface area contributed by atoms with Gasteiger partial charge in [-0.3, -0.25) is 4.79 Å². The average Bonchev–Trinajstić information content (AvgIpc) is 2.18. The van der Waals surface area contributed by atoms with Crippen molar-refractivity contribution in [1.29, 1.82) is 0 Å². The molecule has 1 rings (SSSR count). The minimum Gasteiger partial charge on any atom is -0.395 e. The number of amides is 1. The zero-order valence-electron chi connectivity index (χ0n) is 7.13. The number of hydrogen-bond donors (Lipinski definition) is 2. The molecule has 0 bridgehead atoms. The number of aromatic nitrogens is 1. The standard InChI is InChI=1S/C8H8Cl2N2O2/c9-5-1-2-6(10)12-7(5)8(14)11-3-4-13/h1-2,13H,3-4H2,(H,11,14). The van der Waals surface area contributed by atoms with Gasteiger partial charge in [0.1, 0.15) is 10.8 Å². The summed E-state index contributed by atoms with van der Waals surface area (Å²) in [6.07, 6.45) is 0. The number of carbonyl (C=O) groups excluding carboxylic acids is 1. The fraction of sp³-hybridized carbons (Fsp3) is 0.250. The smallest absolute Gasteiger partial charge is 0.271 e. The van der Waals surface area contributed by atoms with Gasteiger partial charge in [-0.15, -0.1) is 0 Å². The number of nitrogens with one attached hydrogen (secondary N) is 1. The number of halogens is 2. The van der Waals surface area contributed by atoms with Gasteiger partial charge >= 0.3 is 0 Å². The molecule has 0 aliphatic heterocycles. The van der Waals surface area contributed by atoms with E-state index >= 15 is 0 Å². The normalized spacial score (nSPS) is 9.93. The lowest BCUT2D eigenvalue weighted by Crippen LogP contribution is -2.27. The maximum absolute atomic E-state index is 11.3. The molecular formula is C8H8Cl2N2O2. The van der Waals surface area contributed by atoms with Gasteiger partial charge < -0.3 is 10.4 Å². The molecule has 0 radical (unpaired) electrons. The van der Waals surface area contributed by atoms with Crippen LogP contribution in [-0.4, -0.2) is 29.1 Å². The molecule has 1 amide bonds. The van der Waals surface area contributed by atoms with Crippen molar-refractivity contribution in [3.63, 3.8) is 0 Å². The van der Waals surface area contributed by atoms with Crippen LogP contribution in [0.1, 0.15) is 10.5 Å². The highest BCUT2D eigenvalue weighted by Crippen LogP contribution is 2.16. The van der Waals surface area contributed by atoms with E-state index in [0.717, 1.165) is 0 Å². The van der Waals surface area contributed by atoms with E-state index in [1.807, 2.05) is 0 Å². The Morgan fingerprint density at radius 3 is 2.86 bits per heavy atom. The Bertz CT molecular complexity index is 344. The second kappa shape index (κ2) is 5.14. The molecule has 0 fully saturated rings. The molecule has 14 heavy (non-hydrogen) atoms. The van der Waals surface area contributed by atoms with Crippen molar-refractivity contribution >= 4 is 29.1 Å². The third kappa shape index (κ3) is 2.83. The van der Waals surface area contributed by atoms with Crippen molar-refractivity contribution < 1.29 is 9.90 Å². The topological polar surface area (TPSA) is 62.2 Å². The number of aliphatic hydroxyl groups is 1. The number of nitrogens with zero attached hydrogens (tertiary/aromatic N) is 1. The van der Waals surface area contributed by atoms with E-state index in [1.165, 1.54) is 12.1 Å². The summed E-state index contributed by atoms with van der Waals surface area (Å²) >= 11 is 11.3. The number of rotatable bonds is 3.